The van der Waals surface area contributed by atoms with Gasteiger partial charge in [-0.2, -0.15) is 0 Å². The van der Waals surface area contributed by atoms with E-state index in [0.29, 0.717) is 23.9 Å². The predicted molar refractivity (Wildman–Crippen MR) is 86.7 cm³/mol. The van der Waals surface area contributed by atoms with Crippen LogP contribution in [0.25, 0.3) is 0 Å². The average molecular weight is 343 g/mol. The monoisotopic (exact) mass is 342 g/mol. The summed E-state index contributed by atoms with van der Waals surface area (Å²) in [5, 5.41) is 3.61. The van der Waals surface area contributed by atoms with Gasteiger partial charge in [-0.25, -0.2) is 4.39 Å². The molecule has 1 heterocycles. The molecule has 112 valence electrons. The van der Waals surface area contributed by atoms with E-state index in [-0.39, 0.29) is 5.82 Å². The highest BCUT2D eigenvalue weighted by Gasteiger charge is 2.32. The molecule has 20 heavy (non-hydrogen) atoms. The third kappa shape index (κ3) is 3.34. The van der Waals surface area contributed by atoms with Gasteiger partial charge in [0.15, 0.2) is 0 Å². The number of anilines is 1. The van der Waals surface area contributed by atoms with Gasteiger partial charge in [-0.3, -0.25) is 0 Å². The van der Waals surface area contributed by atoms with E-state index >= 15 is 0 Å². The Balaban J connectivity index is 2.31. The fourth-order valence-corrected chi connectivity index (χ4v) is 3.16. The van der Waals surface area contributed by atoms with E-state index in [9.17, 15) is 4.39 Å². The van der Waals surface area contributed by atoms with Crippen molar-refractivity contribution in [1.82, 2.24) is 5.32 Å². The maximum atomic E-state index is 14.3. The van der Waals surface area contributed by atoms with Crippen LogP contribution in [0.3, 0.4) is 0 Å². The topological polar surface area (TPSA) is 15.3 Å². The number of nitrogens with one attached hydrogen (secondary N) is 1. The minimum atomic E-state index is -0.144. The predicted octanol–water partition coefficient (Wildman–Crippen LogP) is 4.05. The number of hydrogen-bond acceptors (Lipinski definition) is 2. The molecule has 1 N–H and O–H groups in total. The molecule has 1 aliphatic heterocycles. The Kier molecular flexibility index (Phi) is 5.08. The number of nitrogens with zero attached hydrogens (tertiary/aromatic N) is 1. The summed E-state index contributed by atoms with van der Waals surface area (Å²) in [6.07, 6.45) is 0. The number of hydrogen-bond donors (Lipinski definition) is 1. The van der Waals surface area contributed by atoms with Crippen molar-refractivity contribution in [3.63, 3.8) is 0 Å². The molecule has 0 amide bonds. The van der Waals surface area contributed by atoms with Gasteiger partial charge in [0.2, 0.25) is 0 Å². The summed E-state index contributed by atoms with van der Waals surface area (Å²) in [6.45, 7) is 10.6. The second-order valence-electron chi connectivity index (χ2n) is 6.32. The van der Waals surface area contributed by atoms with Crippen molar-refractivity contribution < 1.29 is 4.39 Å². The van der Waals surface area contributed by atoms with Crippen molar-refractivity contribution in [2.75, 3.05) is 18.0 Å². The Morgan fingerprint density at radius 1 is 1.25 bits per heavy atom. The van der Waals surface area contributed by atoms with Crippen LogP contribution in [-0.2, 0) is 0 Å². The van der Waals surface area contributed by atoms with Crippen LogP contribution in [-0.4, -0.2) is 25.2 Å². The van der Waals surface area contributed by atoms with Crippen molar-refractivity contribution in [3.05, 3.63) is 28.5 Å². The highest BCUT2D eigenvalue weighted by atomic mass is 79.9. The second kappa shape index (κ2) is 6.44. The molecule has 1 aromatic carbocycles. The largest absolute Gasteiger partial charge is 0.363 e. The number of benzene rings is 1. The number of rotatable bonds is 3. The lowest BCUT2D eigenvalue weighted by molar-refractivity contribution is 0.293. The molecule has 0 aliphatic carbocycles. The Bertz CT molecular complexity index is 462. The standard InChI is InChI=1S/C16H24BrFN2/c1-10(2)14-9-20(16(8-19-14)11(3)4)15-6-5-12(17)7-13(15)18/h5-7,10-11,14,16,19H,8-9H2,1-4H3. The normalized spacial score (nSPS) is 23.7. The van der Waals surface area contributed by atoms with Crippen molar-refractivity contribution in [2.24, 2.45) is 11.8 Å². The summed E-state index contributed by atoms with van der Waals surface area (Å²) in [6, 6.07) is 6.10. The summed E-state index contributed by atoms with van der Waals surface area (Å²) in [4.78, 5) is 2.24. The zero-order chi connectivity index (χ0) is 14.9. The third-order valence-electron chi connectivity index (χ3n) is 4.18. The van der Waals surface area contributed by atoms with Gasteiger partial charge in [-0.15, -0.1) is 0 Å². The molecule has 4 heteroatoms. The lowest BCUT2D eigenvalue weighted by Crippen LogP contribution is -2.60. The molecule has 0 bridgehead atoms. The zero-order valence-corrected chi connectivity index (χ0v) is 14.2. The van der Waals surface area contributed by atoms with E-state index in [1.165, 1.54) is 0 Å². The van der Waals surface area contributed by atoms with E-state index in [1.54, 1.807) is 6.07 Å². The Morgan fingerprint density at radius 2 is 1.95 bits per heavy atom. The first kappa shape index (κ1) is 15.8. The number of halogens is 2. The molecular weight excluding hydrogens is 319 g/mol. The highest BCUT2D eigenvalue weighted by molar-refractivity contribution is 9.10. The molecule has 1 aromatic rings. The Labute approximate surface area is 129 Å². The zero-order valence-electron chi connectivity index (χ0n) is 12.7. The molecule has 1 saturated heterocycles. The molecule has 2 atom stereocenters. The van der Waals surface area contributed by atoms with Gasteiger partial charge in [-0.05, 0) is 30.0 Å². The first-order valence-electron chi connectivity index (χ1n) is 7.35. The molecule has 2 rings (SSSR count). The summed E-state index contributed by atoms with van der Waals surface area (Å²) < 4.78 is 15.1. The average Bonchev–Trinajstić information content (AvgIpc) is 2.37. The lowest BCUT2D eigenvalue weighted by atomic mass is 9.93. The molecule has 0 radical (unpaired) electrons. The van der Waals surface area contributed by atoms with Crippen LogP contribution in [0.15, 0.2) is 22.7 Å². The van der Waals surface area contributed by atoms with E-state index in [1.807, 2.05) is 12.1 Å². The van der Waals surface area contributed by atoms with Gasteiger partial charge in [0, 0.05) is 29.6 Å². The summed E-state index contributed by atoms with van der Waals surface area (Å²) in [5.41, 5.74) is 0.721. The first-order chi connectivity index (χ1) is 9.40. The minimum Gasteiger partial charge on any atom is -0.363 e. The van der Waals surface area contributed by atoms with E-state index in [4.69, 9.17) is 0 Å². The summed E-state index contributed by atoms with van der Waals surface area (Å²) in [5.74, 6) is 0.886. The molecule has 0 saturated carbocycles. The Hall–Kier alpha value is -0.610. The SMILES string of the molecule is CC(C)C1CN(c2ccc(Br)cc2F)C(C(C)C)CN1. The fraction of sp³-hybridized carbons (Fsp3) is 0.625. The van der Waals surface area contributed by atoms with Crippen LogP contribution in [0.1, 0.15) is 27.7 Å². The van der Waals surface area contributed by atoms with Crippen LogP contribution >= 0.6 is 15.9 Å². The third-order valence-corrected chi connectivity index (χ3v) is 4.67. The molecule has 1 aliphatic rings. The minimum absolute atomic E-state index is 0.144. The van der Waals surface area contributed by atoms with Gasteiger partial charge >= 0.3 is 0 Å². The van der Waals surface area contributed by atoms with Gasteiger partial charge < -0.3 is 10.2 Å². The summed E-state index contributed by atoms with van der Waals surface area (Å²) >= 11 is 3.33. The van der Waals surface area contributed by atoms with Crippen molar-refractivity contribution in [3.8, 4) is 0 Å². The highest BCUT2D eigenvalue weighted by Crippen LogP contribution is 2.29. The molecular formula is C16H24BrFN2. The maximum absolute atomic E-state index is 14.3. The van der Waals surface area contributed by atoms with Gasteiger partial charge in [-0.1, -0.05) is 43.6 Å². The van der Waals surface area contributed by atoms with Crippen molar-refractivity contribution in [1.29, 1.82) is 0 Å². The van der Waals surface area contributed by atoms with Gasteiger partial charge in [0.1, 0.15) is 5.82 Å². The number of piperazine rings is 1. The molecule has 2 nitrogen and oxygen atoms in total. The Morgan fingerprint density at radius 3 is 2.50 bits per heavy atom. The summed E-state index contributed by atoms with van der Waals surface area (Å²) in [7, 11) is 0. The second-order valence-corrected chi connectivity index (χ2v) is 7.23. The van der Waals surface area contributed by atoms with Crippen LogP contribution in [0.4, 0.5) is 10.1 Å². The van der Waals surface area contributed by atoms with Crippen molar-refractivity contribution >= 4 is 21.6 Å². The van der Waals surface area contributed by atoms with Crippen LogP contribution < -0.4 is 10.2 Å². The fourth-order valence-electron chi connectivity index (χ4n) is 2.83. The van der Waals surface area contributed by atoms with Crippen LogP contribution in [0.5, 0.6) is 0 Å². The van der Waals surface area contributed by atoms with Crippen molar-refractivity contribution in [2.45, 2.75) is 39.8 Å². The molecule has 0 spiro atoms. The van der Waals surface area contributed by atoms with Crippen LogP contribution in [0, 0.1) is 17.7 Å². The lowest BCUT2D eigenvalue weighted by Gasteiger charge is -2.45. The maximum Gasteiger partial charge on any atom is 0.147 e. The molecule has 1 fully saturated rings. The smallest absolute Gasteiger partial charge is 0.147 e. The van der Waals surface area contributed by atoms with E-state index in [2.05, 4.69) is 53.8 Å². The molecule has 0 aromatic heterocycles. The van der Waals surface area contributed by atoms with E-state index in [0.717, 1.165) is 23.2 Å². The first-order valence-corrected chi connectivity index (χ1v) is 8.14. The van der Waals surface area contributed by atoms with Gasteiger partial charge in [0.25, 0.3) is 0 Å². The van der Waals surface area contributed by atoms with E-state index < -0.39 is 0 Å². The molecule has 2 unspecified atom stereocenters. The quantitative estimate of drug-likeness (QED) is 0.891. The van der Waals surface area contributed by atoms with Crippen LogP contribution in [0.2, 0.25) is 0 Å². The van der Waals surface area contributed by atoms with Gasteiger partial charge in [0.05, 0.1) is 5.69 Å².